The van der Waals surface area contributed by atoms with Gasteiger partial charge in [-0.3, -0.25) is 19.3 Å². The molecule has 124 heavy (non-hydrogen) atoms. The Labute approximate surface area is 779 Å². The van der Waals surface area contributed by atoms with Crippen LogP contribution in [0.5, 0.6) is 0 Å². The molecule has 0 aromatic carbocycles. The number of hydrogen-bond donors (Lipinski definition) is 0. The fraction of sp³-hybridized carbons (Fsp3) is 0.983. The largest absolute Gasteiger partial charge is 0.462 e. The third-order valence-electron chi connectivity index (χ3n) is 30.2. The zero-order chi connectivity index (χ0) is 89.6. The lowest BCUT2D eigenvalue weighted by molar-refractivity contribution is -0.317. The Morgan fingerprint density at radius 3 is 0.468 bits per heavy atom. The summed E-state index contributed by atoms with van der Waals surface area (Å²) in [7, 11) is 0. The first-order valence-electron chi connectivity index (χ1n) is 58.3. The zero-order valence-electron chi connectivity index (χ0n) is 86.8. The molecule has 0 aromatic rings. The van der Waals surface area contributed by atoms with Crippen LogP contribution in [-0.4, -0.2) is 69.6 Å². The highest BCUT2D eigenvalue weighted by Crippen LogP contribution is 2.53. The molecule has 2 saturated heterocycles. The van der Waals surface area contributed by atoms with Crippen molar-refractivity contribution >= 4 is 11.9 Å². The predicted molar refractivity (Wildman–Crippen MR) is 546 cm³/mol. The van der Waals surface area contributed by atoms with Crippen molar-refractivity contribution in [2.24, 2.45) is 0 Å². The zero-order valence-corrected chi connectivity index (χ0v) is 86.8. The second-order valence-electron chi connectivity index (χ2n) is 42.1. The molecule has 2 aliphatic heterocycles. The van der Waals surface area contributed by atoms with Gasteiger partial charge in [0, 0.05) is 38.5 Å². The molecule has 0 atom stereocenters. The lowest BCUT2D eigenvalue weighted by Crippen LogP contribution is -2.66. The topological polar surface area (TPSA) is 77.5 Å². The molecule has 0 amide bonds. The highest BCUT2D eigenvalue weighted by Gasteiger charge is 2.57. The maximum absolute atomic E-state index is 14.9. The highest BCUT2D eigenvalue weighted by atomic mass is 16.7. The average molecular weight is 1750 g/mol. The van der Waals surface area contributed by atoms with Gasteiger partial charge in [0.1, 0.15) is 12.2 Å². The molecule has 0 radical (unpaired) electrons. The standard InChI is InChI=1S/C116H228N2O6/c1-11-21-31-41-51-61-71-83-95-113(96-84-72-62-52-42-32-22-12-2)105-109(106-114(97-85-73-63-53-43-33-23-13-3,98-86-74-64-54-44-34-24-14-4)117(113)121-103-91-79-49-39-29-19-9)123-111(119)93-81-69-59-60-70-82-94-112(120)124-110-107-115(99-87-75-65-55-45-35-25-15-5,100-88-76-66-56-46-36-26-16-6)118(122-104-92-80-50-40-30-20-10)116(108-110,101-89-77-67-57-47-37-27-17-7)102-90-78-68-58-48-38-28-18-8/h109-110H,11-108H2,1-10H3. The van der Waals surface area contributed by atoms with E-state index < -0.39 is 0 Å². The highest BCUT2D eigenvalue weighted by molar-refractivity contribution is 5.70. The summed E-state index contributed by atoms with van der Waals surface area (Å²) in [5.41, 5.74) is -0.573. The van der Waals surface area contributed by atoms with E-state index in [4.69, 9.17) is 19.1 Å². The summed E-state index contributed by atoms with van der Waals surface area (Å²) in [6, 6.07) is 0. The first-order valence-corrected chi connectivity index (χ1v) is 58.3. The van der Waals surface area contributed by atoms with Gasteiger partial charge < -0.3 is 9.47 Å². The lowest BCUT2D eigenvalue weighted by Gasteiger charge is -2.59. The van der Waals surface area contributed by atoms with E-state index in [9.17, 15) is 9.59 Å². The smallest absolute Gasteiger partial charge is 0.306 e. The van der Waals surface area contributed by atoms with Crippen LogP contribution in [0.3, 0.4) is 0 Å². The second-order valence-corrected chi connectivity index (χ2v) is 42.1. The van der Waals surface area contributed by atoms with Crippen molar-refractivity contribution < 1.29 is 28.7 Å². The maximum atomic E-state index is 14.9. The van der Waals surface area contributed by atoms with E-state index in [0.717, 1.165) is 142 Å². The van der Waals surface area contributed by atoms with Crippen molar-refractivity contribution in [2.75, 3.05) is 13.2 Å². The number of hydrogen-bond acceptors (Lipinski definition) is 8. The van der Waals surface area contributed by atoms with Crippen LogP contribution in [0.2, 0.25) is 0 Å². The number of carbonyl (C=O) groups is 2. The van der Waals surface area contributed by atoms with Crippen LogP contribution in [0.4, 0.5) is 0 Å². The first kappa shape index (κ1) is 119. The van der Waals surface area contributed by atoms with Gasteiger partial charge in [0.05, 0.1) is 35.4 Å². The number of carbonyl (C=O) groups excluding carboxylic acids is 2. The van der Waals surface area contributed by atoms with Gasteiger partial charge in [0.2, 0.25) is 0 Å². The summed E-state index contributed by atoms with van der Waals surface area (Å²) in [5.74, 6) is 0.0922. The molecule has 0 unspecified atom stereocenters. The van der Waals surface area contributed by atoms with E-state index >= 15 is 0 Å². The third-order valence-corrected chi connectivity index (χ3v) is 30.2. The molecule has 0 N–H and O–H groups in total. The summed E-state index contributed by atoms with van der Waals surface area (Å²) in [6.07, 6.45) is 120. The van der Waals surface area contributed by atoms with Crippen LogP contribution >= 0.6 is 0 Å². The van der Waals surface area contributed by atoms with Crippen molar-refractivity contribution in [1.29, 1.82) is 0 Å². The minimum absolute atomic E-state index is 0.0461. The number of piperidine rings is 2. The van der Waals surface area contributed by atoms with Crippen LogP contribution in [0, 0.1) is 0 Å². The van der Waals surface area contributed by atoms with E-state index in [1.807, 2.05) is 0 Å². The Kier molecular flexibility index (Phi) is 83.5. The molecule has 0 saturated carbocycles. The molecule has 0 aliphatic carbocycles. The number of esters is 2. The molecule has 0 aromatic heterocycles. The Hall–Kier alpha value is -1.22. The fourth-order valence-corrected chi connectivity index (χ4v) is 22.5. The van der Waals surface area contributed by atoms with Gasteiger partial charge >= 0.3 is 11.9 Å². The molecule has 8 heteroatoms. The van der Waals surface area contributed by atoms with Gasteiger partial charge in [0.25, 0.3) is 0 Å². The molecule has 2 fully saturated rings. The normalized spacial score (nSPS) is 15.6. The summed E-state index contributed by atoms with van der Waals surface area (Å²) < 4.78 is 14.3. The number of hydroxylamine groups is 4. The van der Waals surface area contributed by atoms with Crippen LogP contribution in [-0.2, 0) is 28.7 Å². The molecule has 738 valence electrons. The minimum atomic E-state index is -0.143. The van der Waals surface area contributed by atoms with Crippen LogP contribution < -0.4 is 0 Å². The van der Waals surface area contributed by atoms with Crippen molar-refractivity contribution in [2.45, 2.75) is 720 Å². The minimum Gasteiger partial charge on any atom is -0.462 e. The molecule has 8 nitrogen and oxygen atoms in total. The van der Waals surface area contributed by atoms with Crippen LogP contribution in [0.15, 0.2) is 0 Å². The summed E-state index contributed by atoms with van der Waals surface area (Å²) in [6.45, 7) is 25.1. The van der Waals surface area contributed by atoms with E-state index in [-0.39, 0.29) is 46.3 Å². The molecule has 0 spiro atoms. The third kappa shape index (κ3) is 61.6. The van der Waals surface area contributed by atoms with Gasteiger partial charge in [-0.25, -0.2) is 0 Å². The molecule has 2 heterocycles. The Balaban J connectivity index is 2.61. The predicted octanol–water partition coefficient (Wildman–Crippen LogP) is 39.9. The van der Waals surface area contributed by atoms with Crippen LogP contribution in [0.25, 0.3) is 0 Å². The van der Waals surface area contributed by atoms with Gasteiger partial charge in [-0.1, -0.05) is 570 Å². The molecule has 0 bridgehead atoms. The molecular weight excluding hydrogens is 1520 g/mol. The van der Waals surface area contributed by atoms with Gasteiger partial charge in [0.15, 0.2) is 0 Å². The van der Waals surface area contributed by atoms with Gasteiger partial charge in [-0.2, -0.15) is 10.1 Å². The second kappa shape index (κ2) is 87.1. The monoisotopic (exact) mass is 1750 g/mol. The van der Waals surface area contributed by atoms with Crippen molar-refractivity contribution in [3.63, 3.8) is 0 Å². The van der Waals surface area contributed by atoms with E-state index in [2.05, 4.69) is 79.4 Å². The average Bonchev–Trinajstić information content (AvgIpc) is 0.746. The lowest BCUT2D eigenvalue weighted by atomic mass is 9.68. The van der Waals surface area contributed by atoms with Crippen molar-refractivity contribution in [1.82, 2.24) is 10.1 Å². The Morgan fingerprint density at radius 2 is 0.315 bits per heavy atom. The van der Waals surface area contributed by atoms with Crippen molar-refractivity contribution in [3.8, 4) is 0 Å². The molecular formula is C116H228N2O6. The quantitative estimate of drug-likeness (QED) is 0.0440. The van der Waals surface area contributed by atoms with Crippen LogP contribution in [0.1, 0.15) is 686 Å². The van der Waals surface area contributed by atoms with E-state index in [0.29, 0.717) is 12.8 Å². The number of rotatable bonds is 99. The number of ether oxygens (including phenoxy) is 2. The SMILES string of the molecule is CCCCCCCCCCC1(CCCCCCCCCC)CC(OC(=O)CCCCCCCCC(=O)OC2CC(CCCCCCCCCC)(CCCCCCCCCC)N(OCCCCCCCC)C(CCCCCCCCCC)(CCCCCCCCCC)C2)CC(CCCCCCCCCC)(CCCCCCCCCC)N1OCCCCCCCC. The number of nitrogens with zero attached hydrogens (tertiary/aromatic N) is 2. The fourth-order valence-electron chi connectivity index (χ4n) is 22.5. The van der Waals surface area contributed by atoms with Gasteiger partial charge in [-0.15, -0.1) is 0 Å². The number of unbranched alkanes of at least 4 members (excludes halogenated alkanes) is 71. The summed E-state index contributed by atoms with van der Waals surface area (Å²) in [5, 5.41) is 5.65. The summed E-state index contributed by atoms with van der Waals surface area (Å²) in [4.78, 5) is 45.3. The van der Waals surface area contributed by atoms with E-state index in [1.54, 1.807) is 0 Å². The molecule has 2 rings (SSSR count). The van der Waals surface area contributed by atoms with Crippen molar-refractivity contribution in [3.05, 3.63) is 0 Å². The first-order chi connectivity index (χ1) is 61.0. The summed E-state index contributed by atoms with van der Waals surface area (Å²) >= 11 is 0. The van der Waals surface area contributed by atoms with E-state index in [1.165, 1.54) is 475 Å². The maximum Gasteiger partial charge on any atom is 0.306 e. The Morgan fingerprint density at radius 1 is 0.185 bits per heavy atom. The van der Waals surface area contributed by atoms with Gasteiger partial charge in [-0.05, 0) is 77.0 Å². The molecule has 2 aliphatic rings. The Bertz CT molecular complexity index is 1860.